The second-order valence-electron chi connectivity index (χ2n) is 7.10. The SMILES string of the molecule is O=C(c1csc(Cc2ccc(F)cc2)n1)N1CCC(C2(O)CC2)CC1. The molecule has 0 radical (unpaired) electrons. The van der Waals surface area contributed by atoms with Gasteiger partial charge in [-0.3, -0.25) is 4.79 Å². The normalized spacial score (nSPS) is 19.8. The van der Waals surface area contributed by atoms with Crippen LogP contribution in [0.15, 0.2) is 29.6 Å². The molecule has 0 spiro atoms. The maximum absolute atomic E-state index is 13.0. The lowest BCUT2D eigenvalue weighted by molar-refractivity contribution is 0.0338. The van der Waals surface area contributed by atoms with Gasteiger partial charge in [-0.1, -0.05) is 12.1 Å². The number of likely N-dealkylation sites (tertiary alicyclic amines) is 1. The number of hydrogen-bond donors (Lipinski definition) is 1. The van der Waals surface area contributed by atoms with Crippen LogP contribution in [0.3, 0.4) is 0 Å². The number of aromatic nitrogens is 1. The molecule has 1 aliphatic heterocycles. The Morgan fingerprint density at radius 2 is 1.96 bits per heavy atom. The minimum Gasteiger partial charge on any atom is -0.390 e. The van der Waals surface area contributed by atoms with E-state index in [1.165, 1.54) is 23.5 Å². The second kappa shape index (κ2) is 6.50. The van der Waals surface area contributed by atoms with Gasteiger partial charge in [-0.15, -0.1) is 11.3 Å². The molecule has 0 bridgehead atoms. The third-order valence-corrected chi connectivity index (χ3v) is 6.19. The van der Waals surface area contributed by atoms with Gasteiger partial charge in [0, 0.05) is 24.9 Å². The van der Waals surface area contributed by atoms with Gasteiger partial charge in [-0.2, -0.15) is 0 Å². The quantitative estimate of drug-likeness (QED) is 0.911. The summed E-state index contributed by atoms with van der Waals surface area (Å²) in [6, 6.07) is 6.36. The molecule has 132 valence electrons. The molecule has 2 aliphatic rings. The Kier molecular flexibility index (Phi) is 4.33. The number of aliphatic hydroxyl groups is 1. The molecule has 1 aromatic heterocycles. The molecule has 1 N–H and O–H groups in total. The summed E-state index contributed by atoms with van der Waals surface area (Å²) in [6.45, 7) is 1.38. The smallest absolute Gasteiger partial charge is 0.273 e. The lowest BCUT2D eigenvalue weighted by Gasteiger charge is -2.34. The maximum Gasteiger partial charge on any atom is 0.273 e. The highest BCUT2D eigenvalue weighted by molar-refractivity contribution is 7.09. The predicted octanol–water partition coefficient (Wildman–Crippen LogP) is 3.25. The van der Waals surface area contributed by atoms with Gasteiger partial charge < -0.3 is 10.0 Å². The van der Waals surface area contributed by atoms with Gasteiger partial charge in [0.05, 0.1) is 10.6 Å². The van der Waals surface area contributed by atoms with Crippen LogP contribution in [0.2, 0.25) is 0 Å². The van der Waals surface area contributed by atoms with E-state index in [1.54, 1.807) is 12.1 Å². The van der Waals surface area contributed by atoms with Crippen LogP contribution in [-0.2, 0) is 6.42 Å². The molecule has 4 rings (SSSR count). The fraction of sp³-hybridized carbons (Fsp3) is 0.474. The molecular weight excluding hydrogens is 339 g/mol. The number of carbonyl (C=O) groups is 1. The Labute approximate surface area is 150 Å². The molecule has 1 aliphatic carbocycles. The van der Waals surface area contributed by atoms with E-state index in [-0.39, 0.29) is 11.7 Å². The fourth-order valence-corrected chi connectivity index (χ4v) is 4.39. The molecule has 25 heavy (non-hydrogen) atoms. The highest BCUT2D eigenvalue weighted by Gasteiger charge is 2.48. The maximum atomic E-state index is 13.0. The summed E-state index contributed by atoms with van der Waals surface area (Å²) in [6.07, 6.45) is 4.16. The standard InChI is InChI=1S/C19H21FN2O2S/c20-15-3-1-13(2-4-15)11-17-21-16(12-25-17)18(23)22-9-5-14(6-10-22)19(24)7-8-19/h1-4,12,14,24H,5-11H2. The molecule has 1 aromatic carbocycles. The minimum absolute atomic E-state index is 0.0251. The van der Waals surface area contributed by atoms with Crippen LogP contribution in [0.1, 0.15) is 46.7 Å². The van der Waals surface area contributed by atoms with E-state index in [0.717, 1.165) is 36.3 Å². The van der Waals surface area contributed by atoms with Gasteiger partial charge in [0.1, 0.15) is 11.5 Å². The van der Waals surface area contributed by atoms with Crippen molar-refractivity contribution in [2.75, 3.05) is 13.1 Å². The van der Waals surface area contributed by atoms with Gasteiger partial charge >= 0.3 is 0 Å². The van der Waals surface area contributed by atoms with E-state index >= 15 is 0 Å². The first-order valence-corrected chi connectivity index (χ1v) is 9.62. The minimum atomic E-state index is -0.446. The average molecular weight is 360 g/mol. The Morgan fingerprint density at radius 3 is 2.60 bits per heavy atom. The number of amides is 1. The van der Waals surface area contributed by atoms with Gasteiger partial charge in [-0.05, 0) is 49.3 Å². The summed E-state index contributed by atoms with van der Waals surface area (Å²) < 4.78 is 13.0. The molecule has 6 heteroatoms. The highest BCUT2D eigenvalue weighted by atomic mass is 32.1. The third-order valence-electron chi connectivity index (χ3n) is 5.34. The van der Waals surface area contributed by atoms with Crippen LogP contribution in [0.5, 0.6) is 0 Å². The Hall–Kier alpha value is -1.79. The number of thiazole rings is 1. The molecule has 1 saturated carbocycles. The summed E-state index contributed by atoms with van der Waals surface area (Å²) in [4.78, 5) is 19.0. The van der Waals surface area contributed by atoms with Crippen molar-refractivity contribution < 1.29 is 14.3 Å². The zero-order valence-corrected chi connectivity index (χ0v) is 14.8. The van der Waals surface area contributed by atoms with Crippen molar-refractivity contribution in [1.82, 2.24) is 9.88 Å². The van der Waals surface area contributed by atoms with E-state index < -0.39 is 5.60 Å². The van der Waals surface area contributed by atoms with Crippen LogP contribution in [0.4, 0.5) is 4.39 Å². The predicted molar refractivity (Wildman–Crippen MR) is 94.1 cm³/mol. The molecule has 2 heterocycles. The number of halogens is 1. The summed E-state index contributed by atoms with van der Waals surface area (Å²) in [7, 11) is 0. The van der Waals surface area contributed by atoms with Crippen molar-refractivity contribution in [2.45, 2.75) is 37.7 Å². The summed E-state index contributed by atoms with van der Waals surface area (Å²) in [5, 5.41) is 12.9. The molecular formula is C19H21FN2O2S. The van der Waals surface area contributed by atoms with Crippen molar-refractivity contribution in [3.8, 4) is 0 Å². The molecule has 0 unspecified atom stereocenters. The first kappa shape index (κ1) is 16.7. The molecule has 0 atom stereocenters. The Bertz CT molecular complexity index is 762. The van der Waals surface area contributed by atoms with Crippen molar-refractivity contribution >= 4 is 17.2 Å². The first-order chi connectivity index (χ1) is 12.0. The van der Waals surface area contributed by atoms with Crippen molar-refractivity contribution in [3.63, 3.8) is 0 Å². The van der Waals surface area contributed by atoms with E-state index in [1.807, 2.05) is 10.3 Å². The van der Waals surface area contributed by atoms with E-state index in [9.17, 15) is 14.3 Å². The summed E-state index contributed by atoms with van der Waals surface area (Å²) >= 11 is 1.46. The molecule has 4 nitrogen and oxygen atoms in total. The number of nitrogens with zero attached hydrogens (tertiary/aromatic N) is 2. The summed E-state index contributed by atoms with van der Waals surface area (Å²) in [5.74, 6) is 0.0573. The number of carbonyl (C=O) groups excluding carboxylic acids is 1. The molecule has 1 saturated heterocycles. The zero-order chi connectivity index (χ0) is 17.4. The number of rotatable bonds is 4. The van der Waals surface area contributed by atoms with E-state index in [4.69, 9.17) is 0 Å². The van der Waals surface area contributed by atoms with Gasteiger partial charge in [0.2, 0.25) is 0 Å². The van der Waals surface area contributed by atoms with Crippen LogP contribution in [0, 0.1) is 11.7 Å². The first-order valence-electron chi connectivity index (χ1n) is 8.74. The number of hydrogen-bond acceptors (Lipinski definition) is 4. The average Bonchev–Trinajstić information content (AvgIpc) is 3.21. The summed E-state index contributed by atoms with van der Waals surface area (Å²) in [5.41, 5.74) is 1.02. The van der Waals surface area contributed by atoms with E-state index in [2.05, 4.69) is 4.98 Å². The fourth-order valence-electron chi connectivity index (χ4n) is 3.59. The largest absolute Gasteiger partial charge is 0.390 e. The third kappa shape index (κ3) is 3.60. The zero-order valence-electron chi connectivity index (χ0n) is 13.9. The molecule has 2 fully saturated rings. The van der Waals surface area contributed by atoms with Crippen LogP contribution in [0.25, 0.3) is 0 Å². The van der Waals surface area contributed by atoms with Gasteiger partial charge in [-0.25, -0.2) is 9.37 Å². The van der Waals surface area contributed by atoms with Crippen molar-refractivity contribution in [3.05, 3.63) is 51.7 Å². The molecule has 2 aromatic rings. The van der Waals surface area contributed by atoms with Crippen LogP contribution in [-0.4, -0.2) is 39.6 Å². The van der Waals surface area contributed by atoms with Crippen LogP contribution < -0.4 is 0 Å². The Morgan fingerprint density at radius 1 is 1.28 bits per heavy atom. The van der Waals surface area contributed by atoms with Gasteiger partial charge in [0.15, 0.2) is 0 Å². The molecule has 1 amide bonds. The van der Waals surface area contributed by atoms with Crippen molar-refractivity contribution in [1.29, 1.82) is 0 Å². The second-order valence-corrected chi connectivity index (χ2v) is 8.04. The van der Waals surface area contributed by atoms with Gasteiger partial charge in [0.25, 0.3) is 5.91 Å². The van der Waals surface area contributed by atoms with E-state index in [0.29, 0.717) is 31.1 Å². The lowest BCUT2D eigenvalue weighted by atomic mass is 9.89. The topological polar surface area (TPSA) is 53.4 Å². The number of piperidine rings is 1. The highest BCUT2D eigenvalue weighted by Crippen LogP contribution is 2.46. The van der Waals surface area contributed by atoms with Crippen molar-refractivity contribution in [2.24, 2.45) is 5.92 Å². The Balaban J connectivity index is 1.36. The number of benzene rings is 1. The monoisotopic (exact) mass is 360 g/mol. The lowest BCUT2D eigenvalue weighted by Crippen LogP contribution is -2.42. The van der Waals surface area contributed by atoms with Crippen LogP contribution >= 0.6 is 11.3 Å².